The number of nitrogens with one attached hydrogen (secondary N) is 2. The second-order valence-electron chi connectivity index (χ2n) is 22.7. The normalized spacial score (nSPS) is 16.5. The van der Waals surface area contributed by atoms with E-state index in [1.54, 1.807) is 17.5 Å². The first-order chi connectivity index (χ1) is 40.5. The monoisotopic (exact) mass is 1160 g/mol. The highest BCUT2D eigenvalue weighted by molar-refractivity contribution is 7.13. The summed E-state index contributed by atoms with van der Waals surface area (Å²) in [7, 11) is 0. The second-order valence-corrected chi connectivity index (χ2v) is 23.6. The van der Waals surface area contributed by atoms with Crippen LogP contribution in [0.5, 0.6) is 0 Å². The second kappa shape index (κ2) is 27.9. The number of carbonyl (C=O) groups is 4. The number of nitrogens with zero attached hydrogens (tertiary/aromatic N) is 6. The first-order valence-electron chi connectivity index (χ1n) is 28.7. The average Bonchev–Trinajstić information content (AvgIpc) is 2.83. The van der Waals surface area contributed by atoms with Crippen LogP contribution in [0, 0.1) is 18.3 Å². The van der Waals surface area contributed by atoms with Crippen molar-refractivity contribution in [1.82, 2.24) is 40.0 Å². The van der Waals surface area contributed by atoms with Crippen molar-refractivity contribution in [2.45, 2.75) is 103 Å². The van der Waals surface area contributed by atoms with Crippen molar-refractivity contribution in [3.05, 3.63) is 131 Å². The van der Waals surface area contributed by atoms with E-state index in [4.69, 9.17) is 46.1 Å². The van der Waals surface area contributed by atoms with E-state index in [0.29, 0.717) is 61.0 Å². The first kappa shape index (κ1) is 61.1. The molecule has 84 heavy (non-hydrogen) atoms. The van der Waals surface area contributed by atoms with Crippen molar-refractivity contribution < 1.29 is 43.2 Å². The number of hydrogen-bond acceptors (Lipinski definition) is 16. The van der Waals surface area contributed by atoms with E-state index in [9.17, 15) is 24.3 Å². The molecule has 3 aromatic carbocycles. The quantitative estimate of drug-likeness (QED) is 0.0275. The molecule has 1 unspecified atom stereocenters. The smallest absolute Gasteiger partial charge is 0.246 e. The Morgan fingerprint density at radius 1 is 0.833 bits per heavy atom. The molecular formula is C63H77N11O9S. The highest BCUT2D eigenvalue weighted by Gasteiger charge is 2.44. The summed E-state index contributed by atoms with van der Waals surface area (Å²) >= 11 is 1.57. The molecule has 0 radical (unpaired) electrons. The van der Waals surface area contributed by atoms with Gasteiger partial charge in [-0.15, -0.1) is 11.3 Å². The molecule has 9 rings (SSSR count). The number of imidazole rings is 1. The summed E-state index contributed by atoms with van der Waals surface area (Å²) in [6.07, 6.45) is 5.01. The van der Waals surface area contributed by atoms with E-state index in [1.165, 1.54) is 4.90 Å². The Hall–Kier alpha value is -7.50. The molecule has 1 saturated carbocycles. The van der Waals surface area contributed by atoms with Gasteiger partial charge in [0.25, 0.3) is 0 Å². The van der Waals surface area contributed by atoms with Gasteiger partial charge in [0.05, 0.1) is 92.2 Å². The van der Waals surface area contributed by atoms with Crippen LogP contribution in [0.15, 0.2) is 109 Å². The molecule has 7 aromatic rings. The lowest BCUT2D eigenvalue weighted by Crippen LogP contribution is -2.57. The number of amides is 4. The Labute approximate surface area is 493 Å². The van der Waals surface area contributed by atoms with Crippen molar-refractivity contribution >= 4 is 51.9 Å². The van der Waals surface area contributed by atoms with E-state index < -0.39 is 41.3 Å². The van der Waals surface area contributed by atoms with Crippen LogP contribution in [0.4, 0.5) is 5.82 Å². The fraction of sp³-hybridized carbons (Fsp3) is 0.429. The van der Waals surface area contributed by atoms with Gasteiger partial charge in [-0.25, -0.2) is 19.9 Å². The molecule has 0 bridgehead atoms. The number of nitrogen functional groups attached to an aromatic ring is 1. The third kappa shape index (κ3) is 15.2. The maximum Gasteiger partial charge on any atom is 0.246 e. The number of hydrogen-bond donors (Lipinski definition) is 6. The minimum absolute atomic E-state index is 0.00364. The molecule has 20 nitrogen and oxygen atoms in total. The molecule has 1 aliphatic carbocycles. The molecule has 2 aliphatic rings. The van der Waals surface area contributed by atoms with Crippen LogP contribution < -0.4 is 27.8 Å². The molecule has 1 aliphatic heterocycles. The number of aromatic nitrogens is 5. The number of ether oxygens (including phenoxy) is 4. The van der Waals surface area contributed by atoms with Crippen LogP contribution >= 0.6 is 11.3 Å². The van der Waals surface area contributed by atoms with Gasteiger partial charge in [-0.2, -0.15) is 0 Å². The van der Waals surface area contributed by atoms with Gasteiger partial charge in [0.15, 0.2) is 11.5 Å². The lowest BCUT2D eigenvalue weighted by Gasteiger charge is -2.38. The lowest BCUT2D eigenvalue weighted by molar-refractivity contribution is -0.144. The summed E-state index contributed by atoms with van der Waals surface area (Å²) < 4.78 is 24.8. The number of carbonyl (C=O) groups excluding carboxylic acids is 4. The van der Waals surface area contributed by atoms with Crippen molar-refractivity contribution in [3.63, 3.8) is 0 Å². The van der Waals surface area contributed by atoms with Crippen LogP contribution in [0.1, 0.15) is 81.7 Å². The van der Waals surface area contributed by atoms with Gasteiger partial charge in [-0.1, -0.05) is 75.4 Å². The summed E-state index contributed by atoms with van der Waals surface area (Å²) in [4.78, 5) is 74.4. The van der Waals surface area contributed by atoms with Gasteiger partial charge in [-0.05, 0) is 109 Å². The third-order valence-corrected chi connectivity index (χ3v) is 16.5. The SMILES string of the molecule is Cc1ncsc1-c1ccc(CNC(=O)[C@@H]2C[C@@H](O)CN2C(=O)[C@@H](NC(=O)CCOCCOCCOCCOCC(CCc2cccc(-c3ccc4nc(-c5cccnc5N)n(-c5ccc(C6(N)CCC6)cc5)c4n3)c2)C(N)=O)C(C)(C)C)cc1. The molecule has 9 N–H and O–H groups in total. The predicted octanol–water partition coefficient (Wildman–Crippen LogP) is 6.80. The lowest BCUT2D eigenvalue weighted by atomic mass is 9.73. The highest BCUT2D eigenvalue weighted by Crippen LogP contribution is 2.40. The number of β-amino-alcohol motifs (C(OH)–C–C–N with tert-alkyl or cyclic N) is 1. The number of rotatable bonds is 28. The van der Waals surface area contributed by atoms with E-state index in [2.05, 4.69) is 50.9 Å². The molecule has 4 amide bonds. The van der Waals surface area contributed by atoms with Crippen LogP contribution in [-0.4, -0.2) is 136 Å². The number of pyridine rings is 2. The van der Waals surface area contributed by atoms with Gasteiger partial charge < -0.3 is 56.8 Å². The summed E-state index contributed by atoms with van der Waals surface area (Å²) in [6, 6.07) is 30.1. The minimum atomic E-state index is -0.950. The van der Waals surface area contributed by atoms with Crippen molar-refractivity contribution in [2.75, 3.05) is 65.1 Å². The topological polar surface area (TPSA) is 287 Å². The Kier molecular flexibility index (Phi) is 20.3. The van der Waals surface area contributed by atoms with Crippen LogP contribution in [0.3, 0.4) is 0 Å². The summed E-state index contributed by atoms with van der Waals surface area (Å²) in [5, 5.41) is 16.4. The van der Waals surface area contributed by atoms with Crippen LogP contribution in [0.25, 0.3) is 49.9 Å². The number of fused-ring (bicyclic) bond motifs is 1. The minimum Gasteiger partial charge on any atom is -0.391 e. The standard InChI is InChI=1S/C63H77N11O9S/c1-40-54(84-39-69-40)43-14-12-42(13-15-43)36-68-60(78)52-35-48(75)37-73(52)61(79)55(62(2,3)4)72-53(76)23-27-80-28-29-81-30-31-82-32-33-83-38-45(57(65)77)16-11-41-8-5-9-44(34-41)50-21-22-51-59(70-50)74(58(71-51)49-10-6-26-67-56(49)64)47-19-17-46(18-20-47)63(66)24-7-25-63/h5-6,8-10,12-15,17-22,26,34,39,45,48,52,55,75H,7,11,16,23-25,27-33,35-38,66H2,1-4H3,(H2,64,67)(H2,65,77)(H,68,78)(H,72,76)/t45?,48-,52+,55-/m1/s1. The molecule has 1 saturated heterocycles. The Morgan fingerprint density at radius 3 is 2.20 bits per heavy atom. The fourth-order valence-electron chi connectivity index (χ4n) is 10.5. The zero-order chi connectivity index (χ0) is 59.4. The number of benzene rings is 3. The number of primary amides is 1. The van der Waals surface area contributed by atoms with E-state index >= 15 is 0 Å². The Bertz CT molecular complexity index is 3380. The van der Waals surface area contributed by atoms with E-state index in [0.717, 1.165) is 69.0 Å². The van der Waals surface area contributed by atoms with Crippen molar-refractivity contribution in [2.24, 2.45) is 22.8 Å². The Morgan fingerprint density at radius 2 is 1.55 bits per heavy atom. The van der Waals surface area contributed by atoms with Crippen molar-refractivity contribution in [1.29, 1.82) is 0 Å². The first-order valence-corrected chi connectivity index (χ1v) is 29.6. The average molecular weight is 1160 g/mol. The molecule has 2 fully saturated rings. The number of likely N-dealkylation sites (tertiary alicyclic amines) is 1. The van der Waals surface area contributed by atoms with E-state index in [-0.39, 0.29) is 76.3 Å². The summed E-state index contributed by atoms with van der Waals surface area (Å²) in [5.74, 6) is -1.13. The van der Waals surface area contributed by atoms with Crippen LogP contribution in [-0.2, 0) is 56.6 Å². The summed E-state index contributed by atoms with van der Waals surface area (Å²) in [5.41, 5.74) is 29.4. The van der Waals surface area contributed by atoms with Gasteiger partial charge in [0, 0.05) is 48.9 Å². The Balaban J connectivity index is 0.658. The summed E-state index contributed by atoms with van der Waals surface area (Å²) in [6.45, 7) is 9.68. The van der Waals surface area contributed by atoms with E-state index in [1.807, 2.05) is 105 Å². The van der Waals surface area contributed by atoms with Gasteiger partial charge in [0.1, 0.15) is 23.4 Å². The number of anilines is 1. The van der Waals surface area contributed by atoms with Crippen molar-refractivity contribution in [3.8, 4) is 38.8 Å². The van der Waals surface area contributed by atoms with Gasteiger partial charge in [0.2, 0.25) is 23.6 Å². The number of aliphatic hydroxyl groups is 1. The molecular weight excluding hydrogens is 1090 g/mol. The zero-order valence-corrected chi connectivity index (χ0v) is 49.1. The maximum absolute atomic E-state index is 14.0. The highest BCUT2D eigenvalue weighted by atomic mass is 32.1. The molecule has 444 valence electrons. The van der Waals surface area contributed by atoms with Gasteiger partial charge >= 0.3 is 0 Å². The van der Waals surface area contributed by atoms with Crippen LogP contribution in [0.2, 0.25) is 0 Å². The largest absolute Gasteiger partial charge is 0.391 e. The molecule has 21 heteroatoms. The number of nitrogens with two attached hydrogens (primary N) is 3. The van der Waals surface area contributed by atoms with Gasteiger partial charge in [-0.3, -0.25) is 23.7 Å². The third-order valence-electron chi connectivity index (χ3n) is 15.6. The molecule has 4 atom stereocenters. The number of thiazole rings is 1. The number of aryl methyl sites for hydroxylation is 2. The fourth-order valence-corrected chi connectivity index (χ4v) is 11.3. The molecule has 4 aromatic heterocycles. The zero-order valence-electron chi connectivity index (χ0n) is 48.3. The number of aliphatic hydroxyl groups excluding tert-OH is 1. The predicted molar refractivity (Wildman–Crippen MR) is 322 cm³/mol. The molecule has 5 heterocycles. The molecule has 0 spiro atoms. The maximum atomic E-state index is 14.0.